The molecule has 0 saturated carbocycles. The van der Waals surface area contributed by atoms with Crippen LogP contribution >= 0.6 is 0 Å². The summed E-state index contributed by atoms with van der Waals surface area (Å²) in [6, 6.07) is 14.7. The Balaban J connectivity index is 0.00000361. The van der Waals surface area contributed by atoms with Crippen molar-refractivity contribution < 1.29 is 33.6 Å². The first-order chi connectivity index (χ1) is 22.2. The Morgan fingerprint density at radius 1 is 0.696 bits per heavy atom. The fraction of sp³-hybridized carbons (Fsp3) is 0.364. The van der Waals surface area contributed by atoms with E-state index in [-0.39, 0.29) is 31.8 Å². The van der Waals surface area contributed by atoms with Crippen molar-refractivity contribution in [2.24, 2.45) is 0 Å². The SMILES string of the molecule is CC.CCCNC(=O)CNC(=O)C(Cc1ccccc1)NC(=O)CNC(=O)CNC(=O)CCc1cccc(N2C(=O)C=CC2=O)c1. The van der Waals surface area contributed by atoms with Gasteiger partial charge in [-0.1, -0.05) is 63.2 Å². The van der Waals surface area contributed by atoms with Crippen LogP contribution in [0.25, 0.3) is 0 Å². The van der Waals surface area contributed by atoms with Crippen molar-refractivity contribution in [3.8, 4) is 0 Å². The molecular formula is C33H42N6O7. The molecule has 1 aliphatic heterocycles. The van der Waals surface area contributed by atoms with Gasteiger partial charge in [0.1, 0.15) is 6.04 Å². The molecule has 0 aliphatic carbocycles. The first-order valence-electron chi connectivity index (χ1n) is 15.2. The Hall–Kier alpha value is -5.33. The Morgan fingerprint density at radius 2 is 1.28 bits per heavy atom. The number of carbonyl (C=O) groups is 7. The van der Waals surface area contributed by atoms with Crippen LogP contribution in [-0.2, 0) is 46.4 Å². The molecule has 0 radical (unpaired) electrons. The number of hydrogen-bond donors (Lipinski definition) is 5. The monoisotopic (exact) mass is 634 g/mol. The molecule has 1 heterocycles. The lowest BCUT2D eigenvalue weighted by atomic mass is 10.1. The summed E-state index contributed by atoms with van der Waals surface area (Å²) in [7, 11) is 0. The number of imide groups is 1. The van der Waals surface area contributed by atoms with Gasteiger partial charge < -0.3 is 26.6 Å². The molecule has 0 saturated heterocycles. The number of benzene rings is 2. The zero-order valence-corrected chi connectivity index (χ0v) is 26.4. The number of hydrogen-bond acceptors (Lipinski definition) is 7. The number of amides is 7. The average Bonchev–Trinajstić information content (AvgIpc) is 3.41. The zero-order valence-electron chi connectivity index (χ0n) is 26.4. The van der Waals surface area contributed by atoms with Crippen molar-refractivity contribution in [1.82, 2.24) is 26.6 Å². The van der Waals surface area contributed by atoms with Crippen LogP contribution in [0.2, 0.25) is 0 Å². The average molecular weight is 635 g/mol. The predicted molar refractivity (Wildman–Crippen MR) is 172 cm³/mol. The number of rotatable bonds is 16. The van der Waals surface area contributed by atoms with Gasteiger partial charge in [0.2, 0.25) is 29.5 Å². The van der Waals surface area contributed by atoms with Crippen LogP contribution in [-0.4, -0.2) is 73.6 Å². The second-order valence-electron chi connectivity index (χ2n) is 9.95. The van der Waals surface area contributed by atoms with Crippen molar-refractivity contribution in [3.05, 3.63) is 77.9 Å². The first-order valence-corrected chi connectivity index (χ1v) is 15.2. The van der Waals surface area contributed by atoms with E-state index in [2.05, 4.69) is 26.6 Å². The van der Waals surface area contributed by atoms with E-state index in [4.69, 9.17) is 0 Å². The third-order valence-electron chi connectivity index (χ3n) is 6.44. The standard InChI is InChI=1S/C31H36N6O7.C2H6/c1-2-15-32-26(39)19-35-31(44)24(17-21-7-4-3-5-8-21)36-28(41)20-34-27(40)18-33-25(38)12-11-22-9-6-10-23(16-22)37-29(42)13-14-30(37)43;1-2/h3-10,13-14,16,24H,2,11-12,15,17-20H2,1H3,(H,32,39)(H,33,38)(H,34,40)(H,35,44)(H,36,41);1-2H3. The maximum atomic E-state index is 12.8. The molecule has 7 amide bonds. The number of carbonyl (C=O) groups excluding carboxylic acids is 7. The lowest BCUT2D eigenvalue weighted by Crippen LogP contribution is -2.52. The number of nitrogens with one attached hydrogen (secondary N) is 5. The summed E-state index contributed by atoms with van der Waals surface area (Å²) in [4.78, 5) is 86.6. The second-order valence-corrected chi connectivity index (χ2v) is 9.95. The van der Waals surface area contributed by atoms with Crippen LogP contribution in [0.5, 0.6) is 0 Å². The summed E-state index contributed by atoms with van der Waals surface area (Å²) in [5.74, 6) is -3.41. The maximum absolute atomic E-state index is 12.8. The van der Waals surface area contributed by atoms with E-state index >= 15 is 0 Å². The van der Waals surface area contributed by atoms with Crippen LogP contribution in [0, 0.1) is 0 Å². The normalized spacial score (nSPS) is 12.4. The topological polar surface area (TPSA) is 183 Å². The van der Waals surface area contributed by atoms with Gasteiger partial charge in [0.15, 0.2) is 0 Å². The third-order valence-corrected chi connectivity index (χ3v) is 6.44. The molecule has 0 spiro atoms. The first kappa shape index (κ1) is 36.9. The molecule has 5 N–H and O–H groups in total. The molecule has 0 fully saturated rings. The molecule has 0 aromatic heterocycles. The van der Waals surface area contributed by atoms with Crippen LogP contribution in [0.4, 0.5) is 5.69 Å². The molecule has 13 heteroatoms. The number of anilines is 1. The van der Waals surface area contributed by atoms with Crippen LogP contribution in [0.15, 0.2) is 66.7 Å². The Bertz CT molecular complexity index is 1390. The Morgan fingerprint density at radius 3 is 1.96 bits per heavy atom. The van der Waals surface area contributed by atoms with Crippen LogP contribution < -0.4 is 31.5 Å². The van der Waals surface area contributed by atoms with Crippen molar-refractivity contribution >= 4 is 47.0 Å². The lowest BCUT2D eigenvalue weighted by Gasteiger charge is -2.19. The summed E-state index contributed by atoms with van der Waals surface area (Å²) in [6.07, 6.45) is 3.65. The van der Waals surface area contributed by atoms with E-state index in [1.54, 1.807) is 48.5 Å². The predicted octanol–water partition coefficient (Wildman–Crippen LogP) is 0.677. The van der Waals surface area contributed by atoms with Gasteiger partial charge in [-0.2, -0.15) is 0 Å². The highest BCUT2D eigenvalue weighted by molar-refractivity contribution is 6.28. The number of nitrogens with zero attached hydrogens (tertiary/aromatic N) is 1. The maximum Gasteiger partial charge on any atom is 0.258 e. The largest absolute Gasteiger partial charge is 0.355 e. The smallest absolute Gasteiger partial charge is 0.258 e. The molecule has 246 valence electrons. The van der Waals surface area contributed by atoms with E-state index in [1.807, 2.05) is 26.8 Å². The van der Waals surface area contributed by atoms with Gasteiger partial charge in [-0.25, -0.2) is 4.90 Å². The number of aryl methyl sites for hydroxylation is 1. The van der Waals surface area contributed by atoms with Gasteiger partial charge in [-0.3, -0.25) is 33.6 Å². The molecular weight excluding hydrogens is 592 g/mol. The minimum atomic E-state index is -0.989. The van der Waals surface area contributed by atoms with Gasteiger partial charge in [-0.05, 0) is 36.1 Å². The summed E-state index contributed by atoms with van der Waals surface area (Å²) in [5, 5.41) is 12.7. The van der Waals surface area contributed by atoms with Crippen LogP contribution in [0.3, 0.4) is 0 Å². The molecule has 1 atom stereocenters. The minimum absolute atomic E-state index is 0.0457. The highest BCUT2D eigenvalue weighted by Gasteiger charge is 2.25. The fourth-order valence-electron chi connectivity index (χ4n) is 4.19. The van der Waals surface area contributed by atoms with Crippen molar-refractivity contribution in [2.75, 3.05) is 31.1 Å². The van der Waals surface area contributed by atoms with E-state index < -0.39 is 48.0 Å². The van der Waals surface area contributed by atoms with E-state index in [9.17, 15) is 33.6 Å². The molecule has 46 heavy (non-hydrogen) atoms. The summed E-state index contributed by atoms with van der Waals surface area (Å²) in [6.45, 7) is 5.35. The van der Waals surface area contributed by atoms with Gasteiger partial charge >= 0.3 is 0 Å². The zero-order chi connectivity index (χ0) is 33.9. The van der Waals surface area contributed by atoms with Crippen molar-refractivity contribution in [1.29, 1.82) is 0 Å². The minimum Gasteiger partial charge on any atom is -0.355 e. The molecule has 1 aliphatic rings. The van der Waals surface area contributed by atoms with Crippen molar-refractivity contribution in [3.63, 3.8) is 0 Å². The second kappa shape index (κ2) is 19.8. The fourth-order valence-corrected chi connectivity index (χ4v) is 4.19. The van der Waals surface area contributed by atoms with Gasteiger partial charge in [0, 0.05) is 31.5 Å². The quantitative estimate of drug-likeness (QED) is 0.168. The van der Waals surface area contributed by atoms with Gasteiger partial charge in [0.25, 0.3) is 11.8 Å². The van der Waals surface area contributed by atoms with E-state index in [1.165, 1.54) is 12.2 Å². The van der Waals surface area contributed by atoms with E-state index in [0.29, 0.717) is 18.7 Å². The Labute approximate surface area is 268 Å². The third kappa shape index (κ3) is 12.7. The van der Waals surface area contributed by atoms with Crippen molar-refractivity contribution in [2.45, 2.75) is 52.5 Å². The van der Waals surface area contributed by atoms with E-state index in [0.717, 1.165) is 22.4 Å². The summed E-state index contributed by atoms with van der Waals surface area (Å²) in [5.41, 5.74) is 1.92. The van der Waals surface area contributed by atoms with Gasteiger partial charge in [-0.15, -0.1) is 0 Å². The highest BCUT2D eigenvalue weighted by atomic mass is 16.2. The highest BCUT2D eigenvalue weighted by Crippen LogP contribution is 2.21. The molecule has 1 unspecified atom stereocenters. The van der Waals surface area contributed by atoms with Gasteiger partial charge in [0.05, 0.1) is 25.3 Å². The van der Waals surface area contributed by atoms with Crippen LogP contribution in [0.1, 0.15) is 44.7 Å². The Kier molecular flexibility index (Phi) is 15.9. The summed E-state index contributed by atoms with van der Waals surface area (Å²) >= 11 is 0. The molecule has 2 aromatic carbocycles. The molecule has 3 rings (SSSR count). The summed E-state index contributed by atoms with van der Waals surface area (Å²) < 4.78 is 0. The molecule has 13 nitrogen and oxygen atoms in total. The molecule has 2 aromatic rings. The lowest BCUT2D eigenvalue weighted by molar-refractivity contribution is -0.131. The molecule has 0 bridgehead atoms.